The molecule has 0 radical (unpaired) electrons. The lowest BCUT2D eigenvalue weighted by molar-refractivity contribution is -0.131. The standard InChI is InChI=1S/C12H13BrN2O4/c1-7(16)15(2)6-11(17)14-8-3-4-10(13)9(5-8)12(18)19/h3-5H,6H2,1-2H3,(H,14,17)(H,18,19). The lowest BCUT2D eigenvalue weighted by atomic mass is 10.2. The number of carboxylic acid groups (broad SMARTS) is 1. The molecule has 2 N–H and O–H groups in total. The van der Waals surface area contributed by atoms with E-state index >= 15 is 0 Å². The summed E-state index contributed by atoms with van der Waals surface area (Å²) in [6.45, 7) is 1.27. The summed E-state index contributed by atoms with van der Waals surface area (Å²) in [7, 11) is 1.51. The van der Waals surface area contributed by atoms with E-state index in [0.717, 1.165) is 0 Å². The van der Waals surface area contributed by atoms with Crippen molar-refractivity contribution in [1.29, 1.82) is 0 Å². The number of carbonyl (C=O) groups excluding carboxylic acids is 2. The normalized spacial score (nSPS) is 9.84. The lowest BCUT2D eigenvalue weighted by Gasteiger charge is -2.14. The summed E-state index contributed by atoms with van der Waals surface area (Å²) in [6.07, 6.45) is 0. The van der Waals surface area contributed by atoms with Crippen LogP contribution in [0, 0.1) is 0 Å². The molecule has 0 aromatic heterocycles. The van der Waals surface area contributed by atoms with Crippen LogP contribution in [0.1, 0.15) is 17.3 Å². The predicted molar refractivity (Wildman–Crippen MR) is 73.0 cm³/mol. The second kappa shape index (κ2) is 6.33. The molecule has 2 amide bonds. The molecule has 0 aliphatic heterocycles. The molecule has 0 spiro atoms. The summed E-state index contributed by atoms with van der Waals surface area (Å²) in [4.78, 5) is 34.8. The Hall–Kier alpha value is -1.89. The first-order chi connectivity index (χ1) is 8.81. The van der Waals surface area contributed by atoms with Crippen molar-refractivity contribution < 1.29 is 19.5 Å². The molecule has 19 heavy (non-hydrogen) atoms. The van der Waals surface area contributed by atoms with Gasteiger partial charge in [-0.15, -0.1) is 0 Å². The Balaban J connectivity index is 2.78. The van der Waals surface area contributed by atoms with Crippen LogP contribution in [0.25, 0.3) is 0 Å². The molecule has 0 heterocycles. The monoisotopic (exact) mass is 328 g/mol. The second-order valence-electron chi connectivity index (χ2n) is 3.92. The Morgan fingerprint density at radius 1 is 1.37 bits per heavy atom. The van der Waals surface area contributed by atoms with Crippen LogP contribution in [0.4, 0.5) is 5.69 Å². The van der Waals surface area contributed by atoms with E-state index < -0.39 is 11.9 Å². The van der Waals surface area contributed by atoms with Gasteiger partial charge in [-0.3, -0.25) is 9.59 Å². The van der Waals surface area contributed by atoms with Gasteiger partial charge in [0.15, 0.2) is 0 Å². The van der Waals surface area contributed by atoms with Crippen molar-refractivity contribution in [3.63, 3.8) is 0 Å². The van der Waals surface area contributed by atoms with Crippen LogP contribution >= 0.6 is 15.9 Å². The Labute approximate surface area is 118 Å². The number of benzene rings is 1. The maximum atomic E-state index is 11.6. The second-order valence-corrected chi connectivity index (χ2v) is 4.78. The van der Waals surface area contributed by atoms with Gasteiger partial charge in [0.1, 0.15) is 0 Å². The molecule has 0 unspecified atom stereocenters. The molecule has 1 aromatic rings. The van der Waals surface area contributed by atoms with Crippen molar-refractivity contribution in [3.8, 4) is 0 Å². The van der Waals surface area contributed by atoms with Crippen LogP contribution in [-0.4, -0.2) is 41.4 Å². The van der Waals surface area contributed by atoms with Crippen LogP contribution in [0.15, 0.2) is 22.7 Å². The number of halogens is 1. The van der Waals surface area contributed by atoms with E-state index in [1.165, 1.54) is 31.0 Å². The van der Waals surface area contributed by atoms with Gasteiger partial charge >= 0.3 is 5.97 Å². The van der Waals surface area contributed by atoms with Gasteiger partial charge in [-0.1, -0.05) is 0 Å². The van der Waals surface area contributed by atoms with Gasteiger partial charge in [-0.05, 0) is 34.1 Å². The zero-order valence-corrected chi connectivity index (χ0v) is 12.0. The van der Waals surface area contributed by atoms with Crippen LogP contribution in [0.2, 0.25) is 0 Å². The number of hydrogen-bond acceptors (Lipinski definition) is 3. The van der Waals surface area contributed by atoms with Gasteiger partial charge in [-0.25, -0.2) is 4.79 Å². The molecule has 0 fully saturated rings. The quantitative estimate of drug-likeness (QED) is 0.878. The Kier molecular flexibility index (Phi) is 5.05. The number of likely N-dealkylation sites (N-methyl/N-ethyl adjacent to an activating group) is 1. The van der Waals surface area contributed by atoms with E-state index in [0.29, 0.717) is 10.2 Å². The van der Waals surface area contributed by atoms with Gasteiger partial charge in [0.05, 0.1) is 12.1 Å². The molecule has 0 atom stereocenters. The molecule has 6 nitrogen and oxygen atoms in total. The molecule has 0 bridgehead atoms. The summed E-state index contributed by atoms with van der Waals surface area (Å²) in [5.74, 6) is -1.71. The number of carbonyl (C=O) groups is 3. The molecular formula is C12H13BrN2O4. The van der Waals surface area contributed by atoms with Crippen LogP contribution in [-0.2, 0) is 9.59 Å². The smallest absolute Gasteiger partial charge is 0.336 e. The molecule has 0 saturated heterocycles. The minimum absolute atomic E-state index is 0.0534. The number of nitrogens with one attached hydrogen (secondary N) is 1. The van der Waals surface area contributed by atoms with Crippen molar-refractivity contribution in [2.45, 2.75) is 6.92 Å². The molecule has 1 aromatic carbocycles. The minimum atomic E-state index is -1.09. The van der Waals surface area contributed by atoms with Gasteiger partial charge in [0.25, 0.3) is 0 Å². The first kappa shape index (κ1) is 15.2. The summed E-state index contributed by atoms with van der Waals surface area (Å²) < 4.78 is 0.429. The van der Waals surface area contributed by atoms with Gasteiger partial charge in [0, 0.05) is 24.1 Å². The number of anilines is 1. The number of amides is 2. The fourth-order valence-corrected chi connectivity index (χ4v) is 1.71. The van der Waals surface area contributed by atoms with E-state index in [-0.39, 0.29) is 18.0 Å². The van der Waals surface area contributed by atoms with Crippen LogP contribution < -0.4 is 5.32 Å². The van der Waals surface area contributed by atoms with Crippen molar-refractivity contribution in [1.82, 2.24) is 4.90 Å². The molecule has 102 valence electrons. The van der Waals surface area contributed by atoms with Crippen molar-refractivity contribution in [2.24, 2.45) is 0 Å². The van der Waals surface area contributed by atoms with E-state index in [2.05, 4.69) is 21.2 Å². The van der Waals surface area contributed by atoms with Gasteiger partial charge in [-0.2, -0.15) is 0 Å². The number of hydrogen-bond donors (Lipinski definition) is 2. The zero-order valence-electron chi connectivity index (χ0n) is 10.4. The summed E-state index contributed by atoms with van der Waals surface area (Å²) >= 11 is 3.11. The third-order valence-corrected chi connectivity index (χ3v) is 3.09. The highest BCUT2D eigenvalue weighted by Crippen LogP contribution is 2.21. The van der Waals surface area contributed by atoms with E-state index in [4.69, 9.17) is 5.11 Å². The third kappa shape index (κ3) is 4.36. The topological polar surface area (TPSA) is 86.7 Å². The molecule has 1 rings (SSSR count). The average molecular weight is 329 g/mol. The predicted octanol–water partition coefficient (Wildman–Crippen LogP) is 1.56. The maximum absolute atomic E-state index is 11.6. The average Bonchev–Trinajstić information content (AvgIpc) is 2.30. The fraction of sp³-hybridized carbons (Fsp3) is 0.250. The Bertz CT molecular complexity index is 530. The highest BCUT2D eigenvalue weighted by molar-refractivity contribution is 9.10. The fourth-order valence-electron chi connectivity index (χ4n) is 1.29. The molecule has 0 aliphatic rings. The highest BCUT2D eigenvalue weighted by atomic mass is 79.9. The van der Waals surface area contributed by atoms with Gasteiger partial charge in [0.2, 0.25) is 11.8 Å². The van der Waals surface area contributed by atoms with E-state index in [1.54, 1.807) is 6.07 Å². The van der Waals surface area contributed by atoms with Crippen molar-refractivity contribution >= 4 is 39.4 Å². The SMILES string of the molecule is CC(=O)N(C)CC(=O)Nc1ccc(Br)c(C(=O)O)c1. The Morgan fingerprint density at radius 2 is 2.00 bits per heavy atom. The van der Waals surface area contributed by atoms with Gasteiger partial charge < -0.3 is 15.3 Å². The number of aromatic carboxylic acids is 1. The Morgan fingerprint density at radius 3 is 2.53 bits per heavy atom. The van der Waals surface area contributed by atoms with Crippen molar-refractivity contribution in [2.75, 3.05) is 18.9 Å². The molecular weight excluding hydrogens is 316 g/mol. The first-order valence-electron chi connectivity index (χ1n) is 5.35. The first-order valence-corrected chi connectivity index (χ1v) is 6.15. The summed E-state index contributed by atoms with van der Waals surface area (Å²) in [6, 6.07) is 4.45. The maximum Gasteiger partial charge on any atom is 0.336 e. The zero-order chi connectivity index (χ0) is 14.6. The largest absolute Gasteiger partial charge is 0.478 e. The number of nitrogens with zero attached hydrogens (tertiary/aromatic N) is 1. The van der Waals surface area contributed by atoms with E-state index in [1.807, 2.05) is 0 Å². The van der Waals surface area contributed by atoms with Crippen LogP contribution in [0.5, 0.6) is 0 Å². The van der Waals surface area contributed by atoms with E-state index in [9.17, 15) is 14.4 Å². The summed E-state index contributed by atoms with van der Waals surface area (Å²) in [5.41, 5.74) is 0.417. The number of carboxylic acids is 1. The minimum Gasteiger partial charge on any atom is -0.478 e. The molecule has 7 heteroatoms. The summed E-state index contributed by atoms with van der Waals surface area (Å²) in [5, 5.41) is 11.5. The number of rotatable bonds is 4. The molecule has 0 aliphatic carbocycles. The van der Waals surface area contributed by atoms with Crippen LogP contribution in [0.3, 0.4) is 0 Å². The highest BCUT2D eigenvalue weighted by Gasteiger charge is 2.12. The third-order valence-electron chi connectivity index (χ3n) is 2.40. The van der Waals surface area contributed by atoms with Crippen molar-refractivity contribution in [3.05, 3.63) is 28.2 Å². The lowest BCUT2D eigenvalue weighted by Crippen LogP contribution is -2.33. The molecule has 0 saturated carbocycles.